The predicted molar refractivity (Wildman–Crippen MR) is 86.0 cm³/mol. The van der Waals surface area contributed by atoms with E-state index in [1.807, 2.05) is 12.1 Å². The number of alkyl halides is 3. The molecule has 2 heterocycles. The van der Waals surface area contributed by atoms with Crippen molar-refractivity contribution in [1.29, 1.82) is 0 Å². The lowest BCUT2D eigenvalue weighted by atomic mass is 10.1. The number of nitrogens with one attached hydrogen (secondary N) is 1. The molecule has 2 N–H and O–H groups in total. The van der Waals surface area contributed by atoms with Gasteiger partial charge in [0.25, 0.3) is 0 Å². The fourth-order valence-electron chi connectivity index (χ4n) is 3.26. The van der Waals surface area contributed by atoms with E-state index in [2.05, 4.69) is 5.32 Å². The summed E-state index contributed by atoms with van der Waals surface area (Å²) in [6, 6.07) is 6.09. The molecule has 9 heteroatoms. The largest absolute Gasteiger partial charge is 0.486 e. The first-order chi connectivity index (χ1) is 12.3. The van der Waals surface area contributed by atoms with Gasteiger partial charge in [-0.05, 0) is 31.5 Å². The Labute approximate surface area is 148 Å². The van der Waals surface area contributed by atoms with Crippen molar-refractivity contribution < 1.29 is 32.5 Å². The van der Waals surface area contributed by atoms with Crippen molar-refractivity contribution in [2.24, 2.45) is 0 Å². The third-order valence-electron chi connectivity index (χ3n) is 4.56. The van der Waals surface area contributed by atoms with E-state index in [-0.39, 0.29) is 32.2 Å². The molecular weight excluding hydrogens is 353 g/mol. The summed E-state index contributed by atoms with van der Waals surface area (Å²) >= 11 is 0. The van der Waals surface area contributed by atoms with Crippen LogP contribution in [0.25, 0.3) is 0 Å². The minimum atomic E-state index is -4.69. The molecule has 144 valence electrons. The van der Waals surface area contributed by atoms with E-state index in [0.717, 1.165) is 0 Å². The number of aliphatic hydroxyl groups is 1. The standard InChI is InChI=1S/C17H21F3N2O4/c18-17(19,20)16(24)12-4-3-7-22(12)9-15(23)21-8-11-10-25-13-5-1-2-6-14(13)26-11/h1-2,5-6,11-12,16,24H,3-4,7-10H2,(H,21,23)/t11-,12-,16+/m1/s1. The summed E-state index contributed by atoms with van der Waals surface area (Å²) in [6.07, 6.45) is -6.77. The van der Waals surface area contributed by atoms with Crippen LogP contribution in [-0.2, 0) is 4.79 Å². The van der Waals surface area contributed by atoms with Gasteiger partial charge in [0.1, 0.15) is 12.7 Å². The highest BCUT2D eigenvalue weighted by molar-refractivity contribution is 5.78. The summed E-state index contributed by atoms with van der Waals surface area (Å²) in [4.78, 5) is 13.5. The SMILES string of the molecule is O=C(CN1CCC[C@@H]1[C@H](O)C(F)(F)F)NC[C@@H]1COc2ccccc2O1. The van der Waals surface area contributed by atoms with Crippen molar-refractivity contribution in [2.75, 3.05) is 26.2 Å². The highest BCUT2D eigenvalue weighted by atomic mass is 19.4. The highest BCUT2D eigenvalue weighted by Crippen LogP contribution is 2.31. The number of para-hydroxylation sites is 2. The molecule has 0 radical (unpaired) electrons. The zero-order valence-electron chi connectivity index (χ0n) is 14.0. The lowest BCUT2D eigenvalue weighted by Crippen LogP contribution is -2.50. The Hall–Kier alpha value is -2.00. The fraction of sp³-hybridized carbons (Fsp3) is 0.588. The third-order valence-corrected chi connectivity index (χ3v) is 4.56. The number of carbonyl (C=O) groups is 1. The summed E-state index contributed by atoms with van der Waals surface area (Å²) in [5, 5.41) is 12.1. The minimum Gasteiger partial charge on any atom is -0.486 e. The van der Waals surface area contributed by atoms with Gasteiger partial charge in [0.05, 0.1) is 13.1 Å². The Morgan fingerprint density at radius 2 is 2.08 bits per heavy atom. The van der Waals surface area contributed by atoms with Crippen LogP contribution < -0.4 is 14.8 Å². The van der Waals surface area contributed by atoms with Gasteiger partial charge in [0.15, 0.2) is 17.6 Å². The number of ether oxygens (including phenoxy) is 2. The Kier molecular flexibility index (Phi) is 5.57. The van der Waals surface area contributed by atoms with Crippen LogP contribution in [0.2, 0.25) is 0 Å². The average molecular weight is 374 g/mol. The van der Waals surface area contributed by atoms with Gasteiger partial charge in [-0.1, -0.05) is 12.1 Å². The second-order valence-electron chi connectivity index (χ2n) is 6.47. The van der Waals surface area contributed by atoms with Crippen LogP contribution in [0.1, 0.15) is 12.8 Å². The number of likely N-dealkylation sites (tertiary alicyclic amines) is 1. The Morgan fingerprint density at radius 1 is 1.35 bits per heavy atom. The van der Waals surface area contributed by atoms with Gasteiger partial charge in [0.2, 0.25) is 5.91 Å². The van der Waals surface area contributed by atoms with Crippen molar-refractivity contribution in [1.82, 2.24) is 10.2 Å². The molecule has 26 heavy (non-hydrogen) atoms. The molecule has 3 atom stereocenters. The number of nitrogens with zero attached hydrogens (tertiary/aromatic N) is 1. The van der Waals surface area contributed by atoms with Crippen LogP contribution >= 0.6 is 0 Å². The number of aliphatic hydroxyl groups excluding tert-OH is 1. The summed E-state index contributed by atoms with van der Waals surface area (Å²) < 4.78 is 49.4. The first-order valence-electron chi connectivity index (χ1n) is 8.48. The maximum atomic E-state index is 12.7. The first-order valence-corrected chi connectivity index (χ1v) is 8.48. The zero-order chi connectivity index (χ0) is 18.7. The minimum absolute atomic E-state index is 0.188. The second-order valence-corrected chi connectivity index (χ2v) is 6.47. The van der Waals surface area contributed by atoms with Gasteiger partial charge in [0, 0.05) is 6.04 Å². The number of rotatable bonds is 5. The molecule has 6 nitrogen and oxygen atoms in total. The van der Waals surface area contributed by atoms with Crippen LogP contribution in [-0.4, -0.2) is 66.6 Å². The van der Waals surface area contributed by atoms with Crippen LogP contribution in [0.4, 0.5) is 13.2 Å². The van der Waals surface area contributed by atoms with Gasteiger partial charge in [-0.25, -0.2) is 0 Å². The number of halogens is 3. The van der Waals surface area contributed by atoms with Crippen molar-refractivity contribution in [3.8, 4) is 11.5 Å². The molecule has 0 aromatic heterocycles. The molecule has 0 saturated carbocycles. The first kappa shape index (κ1) is 18.8. The van der Waals surface area contributed by atoms with Gasteiger partial charge < -0.3 is 19.9 Å². The van der Waals surface area contributed by atoms with E-state index in [1.54, 1.807) is 12.1 Å². The maximum Gasteiger partial charge on any atom is 0.415 e. The number of carbonyl (C=O) groups excluding carboxylic acids is 1. The Bertz CT molecular complexity index is 641. The number of benzene rings is 1. The average Bonchev–Trinajstić information content (AvgIpc) is 3.06. The lowest BCUT2D eigenvalue weighted by molar-refractivity contribution is -0.219. The lowest BCUT2D eigenvalue weighted by Gasteiger charge is -2.30. The van der Waals surface area contributed by atoms with E-state index in [9.17, 15) is 23.1 Å². The third kappa shape index (κ3) is 4.39. The van der Waals surface area contributed by atoms with Gasteiger partial charge in [-0.15, -0.1) is 0 Å². The van der Waals surface area contributed by atoms with Gasteiger partial charge >= 0.3 is 6.18 Å². The van der Waals surface area contributed by atoms with E-state index < -0.39 is 24.2 Å². The van der Waals surface area contributed by atoms with Crippen molar-refractivity contribution in [2.45, 2.75) is 37.3 Å². The number of hydrogen-bond acceptors (Lipinski definition) is 5. The summed E-state index contributed by atoms with van der Waals surface area (Å²) in [5.41, 5.74) is 0. The smallest absolute Gasteiger partial charge is 0.415 e. The van der Waals surface area contributed by atoms with E-state index in [1.165, 1.54) is 4.90 Å². The van der Waals surface area contributed by atoms with Crippen LogP contribution in [0, 0.1) is 0 Å². The van der Waals surface area contributed by atoms with Crippen LogP contribution in [0.5, 0.6) is 11.5 Å². The fourth-order valence-corrected chi connectivity index (χ4v) is 3.26. The van der Waals surface area contributed by atoms with Crippen molar-refractivity contribution in [3.63, 3.8) is 0 Å². The molecule has 2 aliphatic rings. The topological polar surface area (TPSA) is 71.0 Å². The van der Waals surface area contributed by atoms with Gasteiger partial charge in [-0.3, -0.25) is 9.69 Å². The van der Waals surface area contributed by atoms with Crippen LogP contribution in [0.15, 0.2) is 24.3 Å². The summed E-state index contributed by atoms with van der Waals surface area (Å²) in [6.45, 7) is 0.619. The molecule has 0 bridgehead atoms. The van der Waals surface area contributed by atoms with E-state index >= 15 is 0 Å². The van der Waals surface area contributed by atoms with Crippen molar-refractivity contribution in [3.05, 3.63) is 24.3 Å². The number of hydrogen-bond donors (Lipinski definition) is 2. The molecule has 1 aromatic rings. The summed E-state index contributed by atoms with van der Waals surface area (Å²) in [5.74, 6) is 0.816. The Morgan fingerprint density at radius 3 is 2.81 bits per heavy atom. The quantitative estimate of drug-likeness (QED) is 0.814. The van der Waals surface area contributed by atoms with Crippen LogP contribution in [0.3, 0.4) is 0 Å². The van der Waals surface area contributed by atoms with Gasteiger partial charge in [-0.2, -0.15) is 13.2 Å². The molecule has 3 rings (SSSR count). The molecule has 1 saturated heterocycles. The molecule has 1 amide bonds. The zero-order valence-corrected chi connectivity index (χ0v) is 14.0. The molecule has 0 spiro atoms. The molecule has 0 unspecified atom stereocenters. The van der Waals surface area contributed by atoms with Crippen molar-refractivity contribution >= 4 is 5.91 Å². The monoisotopic (exact) mass is 374 g/mol. The molecule has 1 aromatic carbocycles. The molecule has 1 fully saturated rings. The second kappa shape index (κ2) is 7.71. The number of amides is 1. The van der Waals surface area contributed by atoms with E-state index in [4.69, 9.17) is 9.47 Å². The number of fused-ring (bicyclic) bond motifs is 1. The molecule has 2 aliphatic heterocycles. The highest BCUT2D eigenvalue weighted by Gasteiger charge is 2.47. The normalized spacial score (nSPS) is 24.3. The molecule has 0 aliphatic carbocycles. The van der Waals surface area contributed by atoms with E-state index in [0.29, 0.717) is 24.5 Å². The predicted octanol–water partition coefficient (Wildman–Crippen LogP) is 1.33. The Balaban J connectivity index is 1.47. The molecular formula is C17H21F3N2O4. The summed E-state index contributed by atoms with van der Waals surface area (Å²) in [7, 11) is 0. The maximum absolute atomic E-state index is 12.7.